The number of hydrogen-bond donors (Lipinski definition) is 1. The average molecular weight is 305 g/mol. The highest BCUT2D eigenvalue weighted by molar-refractivity contribution is 5.65. The standard InChI is InChI=1S/C19H31NO2/c1-4-5-6-7-11-14-19(15-22-17(3)21)20-16(2)18-12-9-8-10-13-18/h8-10,12-13,16,19-20H,4-7,11,14-15H2,1-3H3. The van der Waals surface area contributed by atoms with Crippen molar-refractivity contribution in [2.24, 2.45) is 0 Å². The van der Waals surface area contributed by atoms with Crippen LogP contribution in [0.15, 0.2) is 30.3 Å². The van der Waals surface area contributed by atoms with E-state index in [1.54, 1.807) is 0 Å². The number of unbranched alkanes of at least 4 members (excludes halogenated alkanes) is 4. The second-order valence-corrected chi connectivity index (χ2v) is 6.00. The Morgan fingerprint density at radius 1 is 1.14 bits per heavy atom. The fourth-order valence-corrected chi connectivity index (χ4v) is 2.62. The van der Waals surface area contributed by atoms with Gasteiger partial charge < -0.3 is 10.1 Å². The average Bonchev–Trinajstić information content (AvgIpc) is 2.52. The Labute approximate surface area is 135 Å². The first kappa shape index (κ1) is 18.7. The van der Waals surface area contributed by atoms with Gasteiger partial charge in [0.05, 0.1) is 0 Å². The van der Waals surface area contributed by atoms with Crippen LogP contribution >= 0.6 is 0 Å². The van der Waals surface area contributed by atoms with E-state index in [4.69, 9.17) is 4.74 Å². The second-order valence-electron chi connectivity index (χ2n) is 6.00. The summed E-state index contributed by atoms with van der Waals surface area (Å²) < 4.78 is 5.22. The van der Waals surface area contributed by atoms with Gasteiger partial charge in [0.2, 0.25) is 0 Å². The van der Waals surface area contributed by atoms with Gasteiger partial charge in [-0.25, -0.2) is 0 Å². The number of carbonyl (C=O) groups excluding carboxylic acids is 1. The van der Waals surface area contributed by atoms with E-state index in [1.807, 2.05) is 6.07 Å². The zero-order valence-corrected chi connectivity index (χ0v) is 14.3. The van der Waals surface area contributed by atoms with E-state index in [0.29, 0.717) is 6.61 Å². The van der Waals surface area contributed by atoms with Crippen molar-refractivity contribution in [1.29, 1.82) is 0 Å². The van der Waals surface area contributed by atoms with Crippen molar-refractivity contribution in [1.82, 2.24) is 5.32 Å². The molecule has 3 heteroatoms. The Morgan fingerprint density at radius 3 is 2.45 bits per heavy atom. The topological polar surface area (TPSA) is 38.3 Å². The number of hydrogen-bond acceptors (Lipinski definition) is 3. The number of esters is 1. The SMILES string of the molecule is CCCCCCCC(COC(C)=O)NC(C)c1ccccc1. The number of carbonyl (C=O) groups is 1. The van der Waals surface area contributed by atoms with Crippen LogP contribution in [-0.4, -0.2) is 18.6 Å². The molecule has 124 valence electrons. The Hall–Kier alpha value is -1.35. The van der Waals surface area contributed by atoms with Crippen LogP contribution < -0.4 is 5.32 Å². The monoisotopic (exact) mass is 305 g/mol. The predicted octanol–water partition coefficient (Wildman–Crippen LogP) is 4.63. The Balaban J connectivity index is 2.44. The molecule has 0 aliphatic heterocycles. The summed E-state index contributed by atoms with van der Waals surface area (Å²) in [7, 11) is 0. The zero-order valence-electron chi connectivity index (χ0n) is 14.3. The number of rotatable bonds is 11. The molecular weight excluding hydrogens is 274 g/mol. The molecule has 0 aliphatic rings. The second kappa shape index (κ2) is 11.2. The van der Waals surface area contributed by atoms with Gasteiger partial charge >= 0.3 is 5.97 Å². The largest absolute Gasteiger partial charge is 0.464 e. The summed E-state index contributed by atoms with van der Waals surface area (Å²) in [5.41, 5.74) is 1.27. The minimum absolute atomic E-state index is 0.204. The highest BCUT2D eigenvalue weighted by atomic mass is 16.5. The highest BCUT2D eigenvalue weighted by Crippen LogP contribution is 2.15. The van der Waals surface area contributed by atoms with Crippen molar-refractivity contribution in [2.45, 2.75) is 71.4 Å². The molecule has 1 rings (SSSR count). The molecule has 0 amide bonds. The normalized spacial score (nSPS) is 13.6. The molecule has 0 saturated heterocycles. The summed E-state index contributed by atoms with van der Waals surface area (Å²) in [6.45, 7) is 6.32. The first-order valence-corrected chi connectivity index (χ1v) is 8.57. The minimum Gasteiger partial charge on any atom is -0.464 e. The molecule has 2 atom stereocenters. The molecule has 0 aromatic heterocycles. The van der Waals surface area contributed by atoms with Gasteiger partial charge in [-0.3, -0.25) is 4.79 Å². The summed E-state index contributed by atoms with van der Waals surface area (Å²) in [5.74, 6) is -0.204. The van der Waals surface area contributed by atoms with Crippen molar-refractivity contribution in [3.63, 3.8) is 0 Å². The van der Waals surface area contributed by atoms with Gasteiger partial charge in [-0.15, -0.1) is 0 Å². The maximum atomic E-state index is 11.1. The summed E-state index contributed by atoms with van der Waals surface area (Å²) in [6, 6.07) is 10.9. The predicted molar refractivity (Wildman–Crippen MR) is 91.8 cm³/mol. The molecule has 0 radical (unpaired) electrons. The van der Waals surface area contributed by atoms with Crippen molar-refractivity contribution in [3.05, 3.63) is 35.9 Å². The molecule has 22 heavy (non-hydrogen) atoms. The smallest absolute Gasteiger partial charge is 0.302 e. The number of benzene rings is 1. The van der Waals surface area contributed by atoms with Crippen LogP contribution in [0.5, 0.6) is 0 Å². The molecule has 1 N–H and O–H groups in total. The highest BCUT2D eigenvalue weighted by Gasteiger charge is 2.14. The van der Waals surface area contributed by atoms with Crippen LogP contribution in [0.25, 0.3) is 0 Å². The van der Waals surface area contributed by atoms with E-state index < -0.39 is 0 Å². The molecule has 1 aromatic carbocycles. The van der Waals surface area contributed by atoms with Crippen LogP contribution in [0.1, 0.15) is 70.9 Å². The van der Waals surface area contributed by atoms with Gasteiger partial charge in [0.1, 0.15) is 6.61 Å². The fraction of sp³-hybridized carbons (Fsp3) is 0.632. The quantitative estimate of drug-likeness (QED) is 0.478. The van der Waals surface area contributed by atoms with Crippen LogP contribution in [0.3, 0.4) is 0 Å². The third-order valence-electron chi connectivity index (χ3n) is 3.93. The Bertz CT molecular complexity index is 405. The minimum atomic E-state index is -0.204. The lowest BCUT2D eigenvalue weighted by Gasteiger charge is -2.23. The van der Waals surface area contributed by atoms with E-state index in [9.17, 15) is 4.79 Å². The molecule has 0 spiro atoms. The van der Waals surface area contributed by atoms with Crippen molar-refractivity contribution in [2.75, 3.05) is 6.61 Å². The van der Waals surface area contributed by atoms with Crippen LogP contribution in [0, 0.1) is 0 Å². The first-order valence-electron chi connectivity index (χ1n) is 8.57. The van der Waals surface area contributed by atoms with E-state index in [2.05, 4.69) is 43.4 Å². The molecule has 0 heterocycles. The Morgan fingerprint density at radius 2 is 1.82 bits per heavy atom. The molecule has 0 aliphatic carbocycles. The lowest BCUT2D eigenvalue weighted by atomic mass is 10.0. The van der Waals surface area contributed by atoms with E-state index >= 15 is 0 Å². The lowest BCUT2D eigenvalue weighted by molar-refractivity contribution is -0.141. The summed E-state index contributed by atoms with van der Waals surface area (Å²) in [6.07, 6.45) is 7.36. The maximum absolute atomic E-state index is 11.1. The number of nitrogens with one attached hydrogen (secondary N) is 1. The van der Waals surface area contributed by atoms with Crippen molar-refractivity contribution < 1.29 is 9.53 Å². The Kier molecular flexibility index (Phi) is 9.56. The van der Waals surface area contributed by atoms with Crippen LogP contribution in [-0.2, 0) is 9.53 Å². The van der Waals surface area contributed by atoms with Crippen LogP contribution in [0.2, 0.25) is 0 Å². The first-order chi connectivity index (χ1) is 10.6. The summed E-state index contributed by atoms with van der Waals surface area (Å²) in [4.78, 5) is 11.1. The van der Waals surface area contributed by atoms with E-state index in [1.165, 1.54) is 44.6 Å². The van der Waals surface area contributed by atoms with E-state index in [-0.39, 0.29) is 18.1 Å². The summed E-state index contributed by atoms with van der Waals surface area (Å²) in [5, 5.41) is 3.60. The van der Waals surface area contributed by atoms with Gasteiger partial charge in [0, 0.05) is 19.0 Å². The molecule has 3 nitrogen and oxygen atoms in total. The summed E-state index contributed by atoms with van der Waals surface area (Å²) >= 11 is 0. The molecule has 0 fully saturated rings. The van der Waals surface area contributed by atoms with Gasteiger partial charge in [-0.05, 0) is 18.9 Å². The molecule has 0 saturated carbocycles. The van der Waals surface area contributed by atoms with Crippen molar-refractivity contribution in [3.8, 4) is 0 Å². The third kappa shape index (κ3) is 8.18. The third-order valence-corrected chi connectivity index (χ3v) is 3.93. The van der Waals surface area contributed by atoms with Gasteiger partial charge in [-0.2, -0.15) is 0 Å². The van der Waals surface area contributed by atoms with Gasteiger partial charge in [-0.1, -0.05) is 69.4 Å². The fourth-order valence-electron chi connectivity index (χ4n) is 2.62. The van der Waals surface area contributed by atoms with Gasteiger partial charge in [0.15, 0.2) is 0 Å². The molecular formula is C19H31NO2. The van der Waals surface area contributed by atoms with Crippen molar-refractivity contribution >= 4 is 5.97 Å². The van der Waals surface area contributed by atoms with Crippen LogP contribution in [0.4, 0.5) is 0 Å². The lowest BCUT2D eigenvalue weighted by Crippen LogP contribution is -2.36. The molecule has 0 bridgehead atoms. The number of ether oxygens (including phenoxy) is 1. The maximum Gasteiger partial charge on any atom is 0.302 e. The zero-order chi connectivity index (χ0) is 16.2. The van der Waals surface area contributed by atoms with Gasteiger partial charge in [0.25, 0.3) is 0 Å². The van der Waals surface area contributed by atoms with E-state index in [0.717, 1.165) is 6.42 Å². The molecule has 2 unspecified atom stereocenters. The molecule has 1 aromatic rings.